The van der Waals surface area contributed by atoms with Gasteiger partial charge in [0.05, 0.1) is 51.8 Å². The Balaban J connectivity index is 1.33. The molecule has 20 N–H and O–H groups in total. The van der Waals surface area contributed by atoms with Crippen LogP contribution < -0.4 is 10.6 Å². The highest BCUT2D eigenvalue weighted by Crippen LogP contribution is 2.35. The lowest BCUT2D eigenvalue weighted by atomic mass is 9.95. The molecule has 0 unspecified atom stereocenters. The molecule has 0 spiro atoms. The van der Waals surface area contributed by atoms with Gasteiger partial charge in [-0.3, -0.25) is 9.59 Å². The molecule has 0 aromatic rings. The third-order valence-corrected chi connectivity index (χ3v) is 12.8. The van der Waals surface area contributed by atoms with Crippen LogP contribution in [0.15, 0.2) is 0 Å². The van der Waals surface area contributed by atoms with Crippen LogP contribution in [0.2, 0.25) is 0 Å². The summed E-state index contributed by atoms with van der Waals surface area (Å²) in [4.78, 5) is 24.0. The van der Waals surface area contributed by atoms with E-state index in [1.54, 1.807) is 0 Å². The summed E-state index contributed by atoms with van der Waals surface area (Å²) < 4.78 is 56.4. The summed E-state index contributed by atoms with van der Waals surface area (Å²) in [6.07, 6.45) is -51.3. The van der Waals surface area contributed by atoms with E-state index in [1.807, 2.05) is 0 Å². The minimum Gasteiger partial charge on any atom is -0.394 e. The van der Waals surface area contributed by atoms with Crippen LogP contribution in [0, 0.1) is 0 Å². The van der Waals surface area contributed by atoms with Gasteiger partial charge in [-0.1, -0.05) is 0 Å². The number of aliphatic hydroxyl groups excluding tert-OH is 18. The van der Waals surface area contributed by atoms with Crippen molar-refractivity contribution in [2.45, 2.75) is 199 Å². The van der Waals surface area contributed by atoms with Crippen LogP contribution in [0.25, 0.3) is 0 Å². The van der Waals surface area contributed by atoms with Crippen LogP contribution in [-0.2, 0) is 57.0 Å². The van der Waals surface area contributed by atoms with Crippen molar-refractivity contribution in [3.8, 4) is 0 Å². The minimum atomic E-state index is -2.28. The van der Waals surface area contributed by atoms with Gasteiger partial charge in [-0.15, -0.1) is 0 Å². The Kier molecular flexibility index (Phi) is 22.5. The Morgan fingerprint density at radius 1 is 0.500 bits per heavy atom. The molecule has 5 rings (SSSR count). The SMILES string of the molecule is CC(=O)N[C@H]1[C@H](OC[C@@H](O)[C@H](O)[C@H](O[C@@H]2O[C@H](CO)[C@H](O[C@H]3O[C@H](CO)[C@H](O)[C@H](O[C@H]4O[C@H](CO)[C@H](O)[C@H](O)[C@H]4O[C@@H]4O[C@@H](C)[C@@H](O)[C@@H](O)[C@@H]4O)[C@H]3O)[C@H](O)[C@H]2O)[C@H](CO)NC(C)=O)O[C@H](CO)[C@@H](O)[C@@H]1O. The Hall–Kier alpha value is -2.18. The molecule has 5 fully saturated rings. The van der Waals surface area contributed by atoms with E-state index in [2.05, 4.69) is 10.6 Å². The van der Waals surface area contributed by atoms with Gasteiger partial charge in [-0.25, -0.2) is 0 Å². The summed E-state index contributed by atoms with van der Waals surface area (Å²) >= 11 is 0. The number of hydrogen-bond acceptors (Lipinski definition) is 30. The molecule has 5 aliphatic heterocycles. The molecule has 2 amide bonds. The second-order valence-corrected chi connectivity index (χ2v) is 18.0. The molecular formula is C40H70N2O30. The highest BCUT2D eigenvalue weighted by molar-refractivity contribution is 5.73. The fourth-order valence-corrected chi connectivity index (χ4v) is 8.75. The zero-order chi connectivity index (χ0) is 53.6. The summed E-state index contributed by atoms with van der Waals surface area (Å²) in [7, 11) is 0. The topological polar surface area (TPSA) is 515 Å². The van der Waals surface area contributed by atoms with Crippen molar-refractivity contribution in [3.63, 3.8) is 0 Å². The van der Waals surface area contributed by atoms with Crippen molar-refractivity contribution in [1.82, 2.24) is 10.6 Å². The molecule has 0 saturated carbocycles. The number of carbonyl (C=O) groups excluding carboxylic acids is 2. The Morgan fingerprint density at radius 2 is 0.986 bits per heavy atom. The molecular weight excluding hydrogens is 988 g/mol. The van der Waals surface area contributed by atoms with Crippen LogP contribution >= 0.6 is 0 Å². The quantitative estimate of drug-likeness (QED) is 0.0507. The van der Waals surface area contributed by atoms with Crippen molar-refractivity contribution in [3.05, 3.63) is 0 Å². The average molecular weight is 1060 g/mol. The summed E-state index contributed by atoms with van der Waals surface area (Å²) in [6, 6.07) is -3.12. The van der Waals surface area contributed by atoms with E-state index >= 15 is 0 Å². The van der Waals surface area contributed by atoms with E-state index in [0.717, 1.165) is 13.8 Å². The van der Waals surface area contributed by atoms with E-state index in [-0.39, 0.29) is 0 Å². The lowest BCUT2D eigenvalue weighted by Crippen LogP contribution is -2.68. The number of ether oxygens (including phenoxy) is 10. The maximum atomic E-state index is 12.2. The number of hydrogen-bond donors (Lipinski definition) is 20. The third-order valence-electron chi connectivity index (χ3n) is 12.8. The van der Waals surface area contributed by atoms with E-state index in [4.69, 9.17) is 47.4 Å². The first-order chi connectivity index (χ1) is 33.9. The van der Waals surface area contributed by atoms with Crippen LogP contribution in [0.4, 0.5) is 0 Å². The molecule has 32 nitrogen and oxygen atoms in total. The first-order valence-corrected chi connectivity index (χ1v) is 22.9. The van der Waals surface area contributed by atoms with Gasteiger partial charge in [0.25, 0.3) is 0 Å². The zero-order valence-corrected chi connectivity index (χ0v) is 38.9. The molecule has 32 heteroatoms. The van der Waals surface area contributed by atoms with Gasteiger partial charge in [0.2, 0.25) is 11.8 Å². The number of amides is 2. The standard InChI is InChI=1S/C40H70N2O30/c1-10-20(51)26(57)29(60)37(64-10)72-35-27(58)23(54)16(6-45)67-40(35)71-34-24(55)17(7-46)66-39(31(34)62)70-33-18(8-47)68-38(30(61)28(33)59)69-32(13(4-43)41-11(2)48)21(52)14(50)9-63-36-19(42-12(3)49)25(56)22(53)15(5-44)65-36/h10,13-40,43-47,50-62H,4-9H2,1-3H3,(H,41,48)(H,42,49)/t10-,13-,14+,15+,16+,17+,18+,19+,20+,21-,22+,23-,24-,25+,26+,27-,28+,29-,30+,31+,32+,33-,34-,35+,36+,37-,38-,39+,40+/m0/s1. The highest BCUT2D eigenvalue weighted by atomic mass is 16.8. The van der Waals surface area contributed by atoms with Crippen molar-refractivity contribution >= 4 is 11.8 Å². The molecule has 5 aliphatic rings. The van der Waals surface area contributed by atoms with E-state index in [1.165, 1.54) is 6.92 Å². The second kappa shape index (κ2) is 26.7. The van der Waals surface area contributed by atoms with E-state index in [9.17, 15) is 102 Å². The molecule has 0 aliphatic carbocycles. The molecule has 0 radical (unpaired) electrons. The minimum absolute atomic E-state index is 0.711. The molecule has 72 heavy (non-hydrogen) atoms. The van der Waals surface area contributed by atoms with Crippen LogP contribution in [0.1, 0.15) is 20.8 Å². The third kappa shape index (κ3) is 13.7. The molecule has 0 bridgehead atoms. The van der Waals surface area contributed by atoms with Crippen molar-refractivity contribution < 1.29 is 149 Å². The van der Waals surface area contributed by atoms with Gasteiger partial charge >= 0.3 is 0 Å². The Labute approximate surface area is 409 Å². The van der Waals surface area contributed by atoms with Crippen LogP contribution in [-0.4, -0.2) is 321 Å². The predicted octanol–water partition coefficient (Wildman–Crippen LogP) is -13.1. The fourth-order valence-electron chi connectivity index (χ4n) is 8.75. The molecule has 0 aromatic heterocycles. The summed E-state index contributed by atoms with van der Waals surface area (Å²) in [5, 5.41) is 197. The summed E-state index contributed by atoms with van der Waals surface area (Å²) in [5.41, 5.74) is 0. The van der Waals surface area contributed by atoms with Gasteiger partial charge in [-0.05, 0) is 6.92 Å². The van der Waals surface area contributed by atoms with E-state index < -0.39 is 229 Å². The Morgan fingerprint density at radius 3 is 1.56 bits per heavy atom. The summed E-state index contributed by atoms with van der Waals surface area (Å²) in [5.74, 6) is -1.52. The maximum absolute atomic E-state index is 12.2. The monoisotopic (exact) mass is 1060 g/mol. The molecule has 420 valence electrons. The number of carbonyl (C=O) groups is 2. The van der Waals surface area contributed by atoms with Crippen LogP contribution in [0.5, 0.6) is 0 Å². The maximum Gasteiger partial charge on any atom is 0.217 e. The predicted molar refractivity (Wildman–Crippen MR) is 223 cm³/mol. The normalized spacial score (nSPS) is 45.7. The highest BCUT2D eigenvalue weighted by Gasteiger charge is 2.56. The average Bonchev–Trinajstić information content (AvgIpc) is 3.35. The fraction of sp³-hybridized carbons (Fsp3) is 0.950. The second-order valence-electron chi connectivity index (χ2n) is 18.0. The van der Waals surface area contributed by atoms with Gasteiger partial charge in [0.1, 0.15) is 134 Å². The zero-order valence-electron chi connectivity index (χ0n) is 38.9. The largest absolute Gasteiger partial charge is 0.394 e. The summed E-state index contributed by atoms with van der Waals surface area (Å²) in [6.45, 7) is -2.46. The van der Waals surface area contributed by atoms with E-state index in [0.29, 0.717) is 0 Å². The van der Waals surface area contributed by atoms with Gasteiger partial charge in [0, 0.05) is 13.8 Å². The molecule has 0 aromatic carbocycles. The van der Waals surface area contributed by atoms with Gasteiger partial charge < -0.3 is 150 Å². The number of nitrogens with one attached hydrogen (secondary N) is 2. The molecule has 5 saturated heterocycles. The Bertz CT molecular complexity index is 1680. The lowest BCUT2D eigenvalue weighted by Gasteiger charge is -2.49. The smallest absolute Gasteiger partial charge is 0.217 e. The van der Waals surface area contributed by atoms with Crippen molar-refractivity contribution in [2.75, 3.05) is 39.6 Å². The number of aliphatic hydroxyl groups is 18. The molecule has 29 atom stereocenters. The first kappa shape index (κ1) is 60.7. The van der Waals surface area contributed by atoms with Gasteiger partial charge in [0.15, 0.2) is 31.5 Å². The van der Waals surface area contributed by atoms with Crippen molar-refractivity contribution in [2.24, 2.45) is 0 Å². The first-order valence-electron chi connectivity index (χ1n) is 22.9. The van der Waals surface area contributed by atoms with Crippen molar-refractivity contribution in [1.29, 1.82) is 0 Å². The van der Waals surface area contributed by atoms with Crippen LogP contribution in [0.3, 0.4) is 0 Å². The lowest BCUT2D eigenvalue weighted by molar-refractivity contribution is -0.396. The van der Waals surface area contributed by atoms with Gasteiger partial charge in [-0.2, -0.15) is 0 Å². The molecule has 5 heterocycles. The number of rotatable bonds is 21.